The van der Waals surface area contributed by atoms with Crippen LogP contribution in [0.4, 0.5) is 0 Å². The maximum absolute atomic E-state index is 5.86. The lowest BCUT2D eigenvalue weighted by molar-refractivity contribution is 0.235. The van der Waals surface area contributed by atoms with Crippen molar-refractivity contribution in [3.8, 4) is 22.9 Å². The number of fused-ring (bicyclic) bond motifs is 3. The summed E-state index contributed by atoms with van der Waals surface area (Å²) in [5.41, 5.74) is 5.04. The van der Waals surface area contributed by atoms with E-state index in [-0.39, 0.29) is 12.2 Å². The predicted molar refractivity (Wildman–Crippen MR) is 194 cm³/mol. The molecule has 0 aliphatic heterocycles. The third-order valence-electron chi connectivity index (χ3n) is 6.26. The Kier molecular flexibility index (Phi) is 11.5. The molecule has 0 N–H and O–H groups in total. The van der Waals surface area contributed by atoms with Crippen molar-refractivity contribution >= 4 is 87.5 Å². The van der Waals surface area contributed by atoms with E-state index in [1.165, 1.54) is 18.2 Å². The number of nitrogens with zero attached hydrogens (tertiary/aromatic N) is 6. The Bertz CT molecular complexity index is 2080. The van der Waals surface area contributed by atoms with Crippen LogP contribution in [0.25, 0.3) is 43.8 Å². The van der Waals surface area contributed by atoms with Crippen LogP contribution in [0.2, 0.25) is 5.15 Å². The molecule has 0 saturated carbocycles. The summed E-state index contributed by atoms with van der Waals surface area (Å²) in [6, 6.07) is 19.9. The molecule has 4 aromatic heterocycles. The number of hydrogen-bond donors (Lipinski definition) is 0. The minimum atomic E-state index is 0.0999. The lowest BCUT2D eigenvalue weighted by atomic mass is 10.1. The van der Waals surface area contributed by atoms with Crippen LogP contribution in [0.1, 0.15) is 27.7 Å². The summed E-state index contributed by atoms with van der Waals surface area (Å²) in [5, 5.41) is 7.45. The van der Waals surface area contributed by atoms with Gasteiger partial charge in [0.1, 0.15) is 24.1 Å². The van der Waals surface area contributed by atoms with Crippen molar-refractivity contribution in [1.29, 1.82) is 0 Å². The number of aromatic nitrogens is 6. The molecule has 7 aromatic rings. The molecule has 0 amide bonds. The molecule has 4 heterocycles. The number of hydrogen-bond acceptors (Lipinski definition) is 9. The van der Waals surface area contributed by atoms with Crippen molar-refractivity contribution in [3.05, 3.63) is 105 Å². The van der Waals surface area contributed by atoms with E-state index in [0.29, 0.717) is 16.9 Å². The highest BCUT2D eigenvalue weighted by atomic mass is 79.9. The summed E-state index contributed by atoms with van der Waals surface area (Å²) in [6.45, 7) is 7.95. The van der Waals surface area contributed by atoms with Crippen molar-refractivity contribution < 1.29 is 9.47 Å². The Morgan fingerprint density at radius 1 is 0.587 bits per heavy atom. The van der Waals surface area contributed by atoms with E-state index < -0.39 is 0 Å². The van der Waals surface area contributed by atoms with Gasteiger partial charge in [0.15, 0.2) is 0 Å². The molecular formula is C34H29Br2ClN6O2S. The van der Waals surface area contributed by atoms with Gasteiger partial charge < -0.3 is 9.47 Å². The summed E-state index contributed by atoms with van der Waals surface area (Å²) in [5.74, 6) is 1.29. The Balaban J connectivity index is 0.000000140. The maximum Gasteiger partial charge on any atom is 0.224 e. The first-order valence-corrected chi connectivity index (χ1v) is 17.1. The van der Waals surface area contributed by atoms with E-state index in [0.717, 1.165) is 47.2 Å². The molecule has 0 aliphatic carbocycles. The first-order chi connectivity index (χ1) is 22.2. The van der Waals surface area contributed by atoms with Crippen molar-refractivity contribution in [2.75, 3.05) is 0 Å². The molecule has 234 valence electrons. The van der Waals surface area contributed by atoms with Gasteiger partial charge in [0.2, 0.25) is 11.8 Å². The smallest absolute Gasteiger partial charge is 0.224 e. The van der Waals surface area contributed by atoms with Crippen molar-refractivity contribution in [2.24, 2.45) is 0 Å². The van der Waals surface area contributed by atoms with Crippen LogP contribution in [0.15, 0.2) is 99.4 Å². The van der Waals surface area contributed by atoms with E-state index in [1.54, 1.807) is 17.7 Å². The molecule has 0 radical (unpaired) electrons. The van der Waals surface area contributed by atoms with E-state index >= 15 is 0 Å². The molecule has 0 bridgehead atoms. The third kappa shape index (κ3) is 8.73. The maximum atomic E-state index is 5.86. The molecule has 46 heavy (non-hydrogen) atoms. The van der Waals surface area contributed by atoms with Crippen LogP contribution in [-0.2, 0) is 0 Å². The van der Waals surface area contributed by atoms with E-state index in [1.807, 2.05) is 70.2 Å². The van der Waals surface area contributed by atoms with Crippen LogP contribution in [0.3, 0.4) is 0 Å². The Morgan fingerprint density at radius 2 is 1.09 bits per heavy atom. The molecule has 0 unspecified atom stereocenters. The minimum Gasteiger partial charge on any atom is -0.474 e. The molecule has 0 aliphatic rings. The number of rotatable bonds is 5. The van der Waals surface area contributed by atoms with Gasteiger partial charge in [-0.2, -0.15) is 11.3 Å². The number of ether oxygens (including phenoxy) is 2. The fraction of sp³-hybridized carbons (Fsp3) is 0.176. The summed E-state index contributed by atoms with van der Waals surface area (Å²) in [4.78, 5) is 24.8. The van der Waals surface area contributed by atoms with Gasteiger partial charge in [0.25, 0.3) is 0 Å². The fourth-order valence-corrected chi connectivity index (χ4v) is 5.86. The van der Waals surface area contributed by atoms with Gasteiger partial charge in [-0.3, -0.25) is 0 Å². The van der Waals surface area contributed by atoms with Crippen LogP contribution in [-0.4, -0.2) is 42.1 Å². The normalized spacial score (nSPS) is 10.9. The molecule has 12 heteroatoms. The SMILES string of the molecule is CC(C)Oc1ncnc2ccc(-c3ccsc3)cc12.CC(C)Oc1ncnc2ccc(Br)cc12.Clc1ncnc2ccc(Br)cc12. The molecule has 3 aromatic carbocycles. The summed E-state index contributed by atoms with van der Waals surface area (Å²) >= 11 is 14.3. The van der Waals surface area contributed by atoms with Crippen molar-refractivity contribution in [2.45, 2.75) is 39.9 Å². The minimum absolute atomic E-state index is 0.0999. The summed E-state index contributed by atoms with van der Waals surface area (Å²) < 4.78 is 13.3. The van der Waals surface area contributed by atoms with Gasteiger partial charge in [-0.1, -0.05) is 49.5 Å². The Hall–Kier alpha value is -3.77. The van der Waals surface area contributed by atoms with Gasteiger partial charge in [0, 0.05) is 14.3 Å². The highest BCUT2D eigenvalue weighted by molar-refractivity contribution is 9.10. The molecular weight excluding hydrogens is 752 g/mol. The molecule has 7 rings (SSSR count). The topological polar surface area (TPSA) is 95.8 Å². The first-order valence-electron chi connectivity index (χ1n) is 14.2. The zero-order valence-electron chi connectivity index (χ0n) is 25.4. The van der Waals surface area contributed by atoms with Gasteiger partial charge in [-0.05, 0) is 104 Å². The second-order valence-corrected chi connectivity index (χ2v) is 13.4. The second kappa shape index (κ2) is 15.7. The monoisotopic (exact) mass is 778 g/mol. The zero-order chi connectivity index (χ0) is 32.6. The summed E-state index contributed by atoms with van der Waals surface area (Å²) in [7, 11) is 0. The van der Waals surface area contributed by atoms with E-state index in [4.69, 9.17) is 21.1 Å². The van der Waals surface area contributed by atoms with E-state index in [2.05, 4.69) is 90.7 Å². The lowest BCUT2D eigenvalue weighted by Gasteiger charge is -2.11. The average Bonchev–Trinajstić information content (AvgIpc) is 3.58. The highest BCUT2D eigenvalue weighted by Crippen LogP contribution is 2.30. The number of benzene rings is 3. The molecule has 0 fully saturated rings. The summed E-state index contributed by atoms with van der Waals surface area (Å²) in [6.07, 6.45) is 4.74. The molecule has 0 atom stereocenters. The third-order valence-corrected chi connectivity index (χ3v) is 8.23. The van der Waals surface area contributed by atoms with Crippen LogP contribution in [0.5, 0.6) is 11.8 Å². The zero-order valence-corrected chi connectivity index (χ0v) is 30.1. The van der Waals surface area contributed by atoms with Gasteiger partial charge in [-0.15, -0.1) is 0 Å². The van der Waals surface area contributed by atoms with Gasteiger partial charge >= 0.3 is 0 Å². The van der Waals surface area contributed by atoms with Crippen LogP contribution < -0.4 is 9.47 Å². The fourth-order valence-electron chi connectivity index (χ4n) is 4.28. The van der Waals surface area contributed by atoms with E-state index in [9.17, 15) is 0 Å². The number of halogens is 3. The molecule has 0 saturated heterocycles. The second-order valence-electron chi connectivity index (χ2n) is 10.4. The highest BCUT2D eigenvalue weighted by Gasteiger charge is 2.09. The van der Waals surface area contributed by atoms with Crippen LogP contribution in [0, 0.1) is 0 Å². The Morgan fingerprint density at radius 3 is 1.63 bits per heavy atom. The predicted octanol–water partition coefficient (Wildman–Crippen LogP) is 10.4. The van der Waals surface area contributed by atoms with Gasteiger partial charge in [-0.25, -0.2) is 29.9 Å². The van der Waals surface area contributed by atoms with Gasteiger partial charge in [0.05, 0.1) is 39.5 Å². The largest absolute Gasteiger partial charge is 0.474 e. The van der Waals surface area contributed by atoms with Crippen LogP contribution >= 0.6 is 54.8 Å². The first kappa shape index (κ1) is 33.6. The Labute approximate surface area is 292 Å². The lowest BCUT2D eigenvalue weighted by Crippen LogP contribution is -2.07. The van der Waals surface area contributed by atoms with Crippen molar-refractivity contribution in [1.82, 2.24) is 29.9 Å². The van der Waals surface area contributed by atoms with Crippen molar-refractivity contribution in [3.63, 3.8) is 0 Å². The standard InChI is InChI=1S/C15H14N2OS.C11H11BrN2O.C8H4BrClN2/c1-10(2)18-15-13-7-11(12-5-6-19-8-12)3-4-14(13)16-9-17-15;1-7(2)15-11-9-5-8(12)3-4-10(9)13-6-14-11;9-5-1-2-7-6(3-5)8(10)12-4-11-7/h3-10H,1-2H3;3-7H,1-2H3;1-4H. The number of thiophene rings is 1. The average molecular weight is 781 g/mol. The quantitative estimate of drug-likeness (QED) is 0.159. The molecule has 0 spiro atoms. The molecule has 8 nitrogen and oxygen atoms in total.